The Morgan fingerprint density at radius 1 is 1.11 bits per heavy atom. The molecule has 0 amide bonds. The number of hydrogen-bond donors (Lipinski definition) is 1. The Labute approximate surface area is 123 Å². The quantitative estimate of drug-likeness (QED) is 0.839. The molecule has 0 fully saturated rings. The van der Waals surface area contributed by atoms with Crippen LogP contribution in [0.1, 0.15) is 18.5 Å². The van der Waals surface area contributed by atoms with E-state index in [1.54, 1.807) is 7.11 Å². The number of halogens is 2. The summed E-state index contributed by atoms with van der Waals surface area (Å²) in [6.07, 6.45) is 0. The van der Waals surface area contributed by atoms with Crippen molar-refractivity contribution in [1.82, 2.24) is 0 Å². The largest absolute Gasteiger partial charge is 0.495 e. The van der Waals surface area contributed by atoms with Gasteiger partial charge in [-0.25, -0.2) is 0 Å². The Kier molecular flexibility index (Phi) is 4.56. The Morgan fingerprint density at radius 2 is 1.89 bits per heavy atom. The van der Waals surface area contributed by atoms with Crippen LogP contribution in [0.5, 0.6) is 5.75 Å². The molecule has 2 nitrogen and oxygen atoms in total. The van der Waals surface area contributed by atoms with Gasteiger partial charge in [-0.3, -0.25) is 0 Å². The zero-order valence-electron chi connectivity index (χ0n) is 10.8. The molecule has 0 aliphatic heterocycles. The van der Waals surface area contributed by atoms with Crippen molar-refractivity contribution in [1.29, 1.82) is 0 Å². The number of anilines is 1. The van der Waals surface area contributed by atoms with E-state index < -0.39 is 0 Å². The normalized spacial score (nSPS) is 12.0. The molecule has 19 heavy (non-hydrogen) atoms. The first-order chi connectivity index (χ1) is 9.10. The van der Waals surface area contributed by atoms with Gasteiger partial charge in [-0.05, 0) is 42.8 Å². The van der Waals surface area contributed by atoms with Gasteiger partial charge < -0.3 is 10.1 Å². The fraction of sp³-hybridized carbons (Fsp3) is 0.200. The van der Waals surface area contributed by atoms with Gasteiger partial charge in [0.1, 0.15) is 5.75 Å². The molecule has 0 bridgehead atoms. The Balaban J connectivity index is 2.14. The molecule has 1 unspecified atom stereocenters. The molecule has 0 saturated carbocycles. The first-order valence-corrected chi connectivity index (χ1v) is 6.71. The van der Waals surface area contributed by atoms with Gasteiger partial charge >= 0.3 is 0 Å². The topological polar surface area (TPSA) is 21.3 Å². The maximum Gasteiger partial charge on any atom is 0.137 e. The highest BCUT2D eigenvalue weighted by Crippen LogP contribution is 2.29. The van der Waals surface area contributed by atoms with Crippen LogP contribution in [0.15, 0.2) is 42.5 Å². The molecule has 2 aromatic carbocycles. The molecule has 0 aromatic heterocycles. The van der Waals surface area contributed by atoms with Gasteiger partial charge in [0.05, 0.1) is 12.1 Å². The van der Waals surface area contributed by atoms with Crippen molar-refractivity contribution >= 4 is 28.9 Å². The molecule has 100 valence electrons. The summed E-state index contributed by atoms with van der Waals surface area (Å²) in [6.45, 7) is 2.07. The third kappa shape index (κ3) is 3.55. The van der Waals surface area contributed by atoms with E-state index in [0.717, 1.165) is 16.3 Å². The average Bonchev–Trinajstić information content (AvgIpc) is 2.39. The van der Waals surface area contributed by atoms with Crippen molar-refractivity contribution in [3.63, 3.8) is 0 Å². The molecule has 0 spiro atoms. The highest BCUT2D eigenvalue weighted by molar-refractivity contribution is 6.32. The number of ether oxygens (including phenoxy) is 1. The molecule has 1 N–H and O–H groups in total. The predicted molar refractivity (Wildman–Crippen MR) is 81.5 cm³/mol. The van der Waals surface area contributed by atoms with Crippen LogP contribution in [0.2, 0.25) is 10.0 Å². The van der Waals surface area contributed by atoms with Crippen molar-refractivity contribution in [3.05, 3.63) is 58.1 Å². The average molecular weight is 296 g/mol. The standard InChI is InChI=1S/C15H15Cl2NO/c1-10(11-4-3-5-12(16)8-11)18-13-6-7-15(19-2)14(17)9-13/h3-10,18H,1-2H3. The van der Waals surface area contributed by atoms with Gasteiger partial charge in [0.15, 0.2) is 0 Å². The Bertz CT molecular complexity index is 572. The van der Waals surface area contributed by atoms with Crippen molar-refractivity contribution < 1.29 is 4.74 Å². The summed E-state index contributed by atoms with van der Waals surface area (Å²) in [5.74, 6) is 0.669. The fourth-order valence-electron chi connectivity index (χ4n) is 1.87. The number of nitrogens with one attached hydrogen (secondary N) is 1. The van der Waals surface area contributed by atoms with E-state index in [2.05, 4.69) is 12.2 Å². The van der Waals surface area contributed by atoms with Crippen LogP contribution in [0, 0.1) is 0 Å². The molecule has 4 heteroatoms. The molecule has 0 aliphatic rings. The van der Waals surface area contributed by atoms with E-state index in [0.29, 0.717) is 10.8 Å². The molecule has 0 aliphatic carbocycles. The zero-order valence-corrected chi connectivity index (χ0v) is 12.3. The summed E-state index contributed by atoms with van der Waals surface area (Å²) >= 11 is 12.1. The lowest BCUT2D eigenvalue weighted by Gasteiger charge is -2.16. The molecule has 2 rings (SSSR count). The van der Waals surface area contributed by atoms with Crippen molar-refractivity contribution in [2.75, 3.05) is 12.4 Å². The molecule has 0 saturated heterocycles. The number of methoxy groups -OCH3 is 1. The van der Waals surface area contributed by atoms with Crippen LogP contribution in [-0.2, 0) is 0 Å². The third-order valence-electron chi connectivity index (χ3n) is 2.88. The van der Waals surface area contributed by atoms with E-state index in [9.17, 15) is 0 Å². The van der Waals surface area contributed by atoms with Crippen LogP contribution < -0.4 is 10.1 Å². The highest BCUT2D eigenvalue weighted by Gasteiger charge is 2.07. The number of benzene rings is 2. The second kappa shape index (κ2) is 6.18. The Hall–Kier alpha value is -1.38. The first-order valence-electron chi connectivity index (χ1n) is 5.95. The SMILES string of the molecule is COc1ccc(NC(C)c2cccc(Cl)c2)cc1Cl. The summed E-state index contributed by atoms with van der Waals surface area (Å²) in [7, 11) is 1.60. The summed E-state index contributed by atoms with van der Waals surface area (Å²) in [5.41, 5.74) is 2.07. The zero-order chi connectivity index (χ0) is 13.8. The van der Waals surface area contributed by atoms with E-state index in [4.69, 9.17) is 27.9 Å². The van der Waals surface area contributed by atoms with Crippen molar-refractivity contribution in [2.24, 2.45) is 0 Å². The van der Waals surface area contributed by atoms with Crippen LogP contribution in [-0.4, -0.2) is 7.11 Å². The van der Waals surface area contributed by atoms with Gasteiger partial charge in [-0.15, -0.1) is 0 Å². The van der Waals surface area contributed by atoms with Crippen LogP contribution in [0.25, 0.3) is 0 Å². The second-order valence-electron chi connectivity index (χ2n) is 4.27. The first kappa shape index (κ1) is 14.0. The van der Waals surface area contributed by atoms with E-state index in [1.807, 2.05) is 42.5 Å². The summed E-state index contributed by atoms with van der Waals surface area (Å²) in [6, 6.07) is 13.6. The lowest BCUT2D eigenvalue weighted by molar-refractivity contribution is 0.415. The monoisotopic (exact) mass is 295 g/mol. The lowest BCUT2D eigenvalue weighted by Crippen LogP contribution is -2.06. The highest BCUT2D eigenvalue weighted by atomic mass is 35.5. The molecule has 1 atom stereocenters. The molecular formula is C15H15Cl2NO. The van der Waals surface area contributed by atoms with E-state index in [-0.39, 0.29) is 6.04 Å². The molecule has 0 radical (unpaired) electrons. The van der Waals surface area contributed by atoms with Gasteiger partial charge in [-0.1, -0.05) is 35.3 Å². The number of rotatable bonds is 4. The van der Waals surface area contributed by atoms with Gasteiger partial charge in [-0.2, -0.15) is 0 Å². The van der Waals surface area contributed by atoms with E-state index >= 15 is 0 Å². The van der Waals surface area contributed by atoms with Crippen molar-refractivity contribution in [2.45, 2.75) is 13.0 Å². The third-order valence-corrected chi connectivity index (χ3v) is 3.41. The summed E-state index contributed by atoms with van der Waals surface area (Å²) in [4.78, 5) is 0. The Morgan fingerprint density at radius 3 is 2.53 bits per heavy atom. The molecule has 0 heterocycles. The number of hydrogen-bond acceptors (Lipinski definition) is 2. The van der Waals surface area contributed by atoms with Crippen LogP contribution >= 0.6 is 23.2 Å². The minimum Gasteiger partial charge on any atom is -0.495 e. The minimum atomic E-state index is 0.142. The maximum absolute atomic E-state index is 6.10. The van der Waals surface area contributed by atoms with Crippen LogP contribution in [0.4, 0.5) is 5.69 Å². The van der Waals surface area contributed by atoms with E-state index in [1.165, 1.54) is 0 Å². The smallest absolute Gasteiger partial charge is 0.137 e. The lowest BCUT2D eigenvalue weighted by atomic mass is 10.1. The van der Waals surface area contributed by atoms with Crippen molar-refractivity contribution in [3.8, 4) is 5.75 Å². The van der Waals surface area contributed by atoms with Gasteiger partial charge in [0.2, 0.25) is 0 Å². The van der Waals surface area contributed by atoms with Gasteiger partial charge in [0, 0.05) is 16.8 Å². The second-order valence-corrected chi connectivity index (χ2v) is 5.11. The fourth-order valence-corrected chi connectivity index (χ4v) is 2.32. The molecular weight excluding hydrogens is 281 g/mol. The maximum atomic E-state index is 6.10. The summed E-state index contributed by atoms with van der Waals surface area (Å²) < 4.78 is 5.13. The van der Waals surface area contributed by atoms with Crippen LogP contribution in [0.3, 0.4) is 0 Å². The van der Waals surface area contributed by atoms with Gasteiger partial charge in [0.25, 0.3) is 0 Å². The molecule has 2 aromatic rings. The minimum absolute atomic E-state index is 0.142. The predicted octanol–water partition coefficient (Wildman–Crippen LogP) is 5.18. The summed E-state index contributed by atoms with van der Waals surface area (Å²) in [5, 5.41) is 4.70.